The first-order valence-corrected chi connectivity index (χ1v) is 6.59. The number of fused-ring (bicyclic) bond motifs is 1. The van der Waals surface area contributed by atoms with Gasteiger partial charge in [0.1, 0.15) is 5.65 Å². The van der Waals surface area contributed by atoms with Gasteiger partial charge in [-0.2, -0.15) is 5.10 Å². The molecule has 0 bridgehead atoms. The number of pyridine rings is 1. The third-order valence-corrected chi connectivity index (χ3v) is 3.45. The van der Waals surface area contributed by atoms with Crippen molar-refractivity contribution in [3.8, 4) is 11.3 Å². The molecular formula is C14H13N5O. The van der Waals surface area contributed by atoms with Gasteiger partial charge in [0.2, 0.25) is 5.91 Å². The maximum atomic E-state index is 11.7. The lowest BCUT2D eigenvalue weighted by Gasteiger charge is -1.97. The number of rotatable bonds is 3. The molecule has 0 unspecified atom stereocenters. The third kappa shape index (κ3) is 1.95. The lowest BCUT2D eigenvalue weighted by atomic mass is 10.2. The maximum absolute atomic E-state index is 11.7. The zero-order valence-corrected chi connectivity index (χ0v) is 10.7. The standard InChI is InChI=1S/C14H13N5O/c20-14(9-1-2-9)17-12-8-19-7-10(3-4-13(19)16-12)11-5-6-15-18-11/h3-9H,1-2H2,(H,15,18)(H,17,20). The number of aromatic amines is 1. The largest absolute Gasteiger partial charge is 0.309 e. The van der Waals surface area contributed by atoms with Crippen LogP contribution in [0.4, 0.5) is 5.82 Å². The van der Waals surface area contributed by atoms with E-state index in [9.17, 15) is 4.79 Å². The van der Waals surface area contributed by atoms with E-state index < -0.39 is 0 Å². The number of hydrogen-bond donors (Lipinski definition) is 2. The van der Waals surface area contributed by atoms with Crippen LogP contribution in [0.3, 0.4) is 0 Å². The molecule has 1 aliphatic carbocycles. The van der Waals surface area contributed by atoms with Crippen LogP contribution in [0.15, 0.2) is 36.8 Å². The minimum atomic E-state index is 0.0703. The lowest BCUT2D eigenvalue weighted by molar-refractivity contribution is -0.117. The van der Waals surface area contributed by atoms with Gasteiger partial charge in [0, 0.05) is 23.9 Å². The Morgan fingerprint density at radius 2 is 2.20 bits per heavy atom. The van der Waals surface area contributed by atoms with Gasteiger partial charge < -0.3 is 9.72 Å². The van der Waals surface area contributed by atoms with E-state index in [2.05, 4.69) is 20.5 Å². The van der Waals surface area contributed by atoms with Gasteiger partial charge in [0.05, 0.1) is 11.9 Å². The fourth-order valence-electron chi connectivity index (χ4n) is 2.20. The van der Waals surface area contributed by atoms with Crippen molar-refractivity contribution in [2.75, 3.05) is 5.32 Å². The van der Waals surface area contributed by atoms with Gasteiger partial charge in [0.15, 0.2) is 5.82 Å². The Bertz CT molecular complexity index is 770. The van der Waals surface area contributed by atoms with E-state index in [0.29, 0.717) is 5.82 Å². The monoisotopic (exact) mass is 267 g/mol. The lowest BCUT2D eigenvalue weighted by Crippen LogP contribution is -2.13. The normalized spacial score (nSPS) is 14.6. The zero-order chi connectivity index (χ0) is 13.5. The van der Waals surface area contributed by atoms with Crippen LogP contribution in [0.1, 0.15) is 12.8 Å². The molecule has 0 aliphatic heterocycles. The van der Waals surface area contributed by atoms with Gasteiger partial charge >= 0.3 is 0 Å². The van der Waals surface area contributed by atoms with Crippen molar-refractivity contribution in [1.82, 2.24) is 19.6 Å². The number of hydrogen-bond acceptors (Lipinski definition) is 3. The number of anilines is 1. The van der Waals surface area contributed by atoms with E-state index in [1.165, 1.54) is 0 Å². The van der Waals surface area contributed by atoms with Gasteiger partial charge in [-0.1, -0.05) is 0 Å². The first-order chi connectivity index (χ1) is 9.79. The van der Waals surface area contributed by atoms with Gasteiger partial charge in [-0.25, -0.2) is 4.98 Å². The first-order valence-electron chi connectivity index (χ1n) is 6.59. The second-order valence-electron chi connectivity index (χ2n) is 5.03. The molecule has 6 heteroatoms. The SMILES string of the molecule is O=C(Nc1cn2cc(-c3cc[nH]n3)ccc2n1)C1CC1. The van der Waals surface area contributed by atoms with Crippen LogP contribution in [0.5, 0.6) is 0 Å². The molecule has 6 nitrogen and oxygen atoms in total. The second kappa shape index (κ2) is 4.19. The molecule has 3 aromatic rings. The highest BCUT2D eigenvalue weighted by atomic mass is 16.2. The van der Waals surface area contributed by atoms with Gasteiger partial charge in [0.25, 0.3) is 0 Å². The first kappa shape index (κ1) is 11.2. The van der Waals surface area contributed by atoms with Crippen LogP contribution in [0.2, 0.25) is 0 Å². The summed E-state index contributed by atoms with van der Waals surface area (Å²) in [6.45, 7) is 0. The molecule has 100 valence electrons. The van der Waals surface area contributed by atoms with E-state index in [1.807, 2.05) is 35.0 Å². The van der Waals surface area contributed by atoms with Crippen LogP contribution >= 0.6 is 0 Å². The molecule has 0 spiro atoms. The number of amides is 1. The summed E-state index contributed by atoms with van der Waals surface area (Å²) < 4.78 is 1.90. The van der Waals surface area contributed by atoms with Crippen LogP contribution < -0.4 is 5.32 Å². The van der Waals surface area contributed by atoms with Crippen molar-refractivity contribution < 1.29 is 4.79 Å². The Kier molecular flexibility index (Phi) is 2.35. The van der Waals surface area contributed by atoms with Crippen LogP contribution in [-0.2, 0) is 4.79 Å². The maximum Gasteiger partial charge on any atom is 0.228 e. The minimum absolute atomic E-state index is 0.0703. The average molecular weight is 267 g/mol. The molecule has 3 heterocycles. The van der Waals surface area contributed by atoms with Crippen LogP contribution in [0, 0.1) is 5.92 Å². The number of nitrogens with one attached hydrogen (secondary N) is 2. The van der Waals surface area contributed by atoms with Crippen molar-refractivity contribution in [2.45, 2.75) is 12.8 Å². The Morgan fingerprint density at radius 3 is 2.95 bits per heavy atom. The van der Waals surface area contributed by atoms with Crippen molar-refractivity contribution in [3.63, 3.8) is 0 Å². The minimum Gasteiger partial charge on any atom is -0.309 e. The molecule has 1 amide bonds. The molecule has 4 rings (SSSR count). The number of aromatic nitrogens is 4. The van der Waals surface area contributed by atoms with Gasteiger partial charge in [-0.05, 0) is 31.0 Å². The molecule has 0 aromatic carbocycles. The number of nitrogens with zero attached hydrogens (tertiary/aromatic N) is 3. The molecule has 1 aliphatic rings. The van der Waals surface area contributed by atoms with Crippen molar-refractivity contribution in [2.24, 2.45) is 5.92 Å². The zero-order valence-electron chi connectivity index (χ0n) is 10.7. The molecule has 0 radical (unpaired) electrons. The Hall–Kier alpha value is -2.63. The topological polar surface area (TPSA) is 75.1 Å². The summed E-state index contributed by atoms with van der Waals surface area (Å²) in [6, 6.07) is 5.79. The molecule has 0 atom stereocenters. The quantitative estimate of drug-likeness (QED) is 0.762. The highest BCUT2D eigenvalue weighted by molar-refractivity contribution is 5.93. The molecule has 1 fully saturated rings. The highest BCUT2D eigenvalue weighted by Crippen LogP contribution is 2.30. The van der Waals surface area contributed by atoms with Crippen LogP contribution in [-0.4, -0.2) is 25.5 Å². The Labute approximate surface area is 114 Å². The van der Waals surface area contributed by atoms with E-state index in [4.69, 9.17) is 0 Å². The second-order valence-corrected chi connectivity index (χ2v) is 5.03. The van der Waals surface area contributed by atoms with Gasteiger partial charge in [-0.3, -0.25) is 9.89 Å². The Morgan fingerprint density at radius 1 is 1.30 bits per heavy atom. The molecule has 2 N–H and O–H groups in total. The summed E-state index contributed by atoms with van der Waals surface area (Å²) in [6.07, 6.45) is 7.54. The van der Waals surface area contributed by atoms with E-state index in [1.54, 1.807) is 6.20 Å². The summed E-state index contributed by atoms with van der Waals surface area (Å²) in [4.78, 5) is 16.1. The summed E-state index contributed by atoms with van der Waals surface area (Å²) in [5.41, 5.74) is 2.68. The van der Waals surface area contributed by atoms with E-state index >= 15 is 0 Å². The predicted octanol–water partition coefficient (Wildman–Crippen LogP) is 2.07. The highest BCUT2D eigenvalue weighted by Gasteiger charge is 2.29. The van der Waals surface area contributed by atoms with Crippen LogP contribution in [0.25, 0.3) is 16.9 Å². The predicted molar refractivity (Wildman–Crippen MR) is 74.1 cm³/mol. The molecular weight excluding hydrogens is 254 g/mol. The number of carbonyl (C=O) groups excluding carboxylic acids is 1. The van der Waals surface area contributed by atoms with E-state index in [0.717, 1.165) is 29.7 Å². The fraction of sp³-hybridized carbons (Fsp3) is 0.214. The molecule has 20 heavy (non-hydrogen) atoms. The van der Waals surface area contributed by atoms with Crippen molar-refractivity contribution in [3.05, 3.63) is 36.8 Å². The molecule has 1 saturated carbocycles. The third-order valence-electron chi connectivity index (χ3n) is 3.45. The molecule has 3 aromatic heterocycles. The number of imidazole rings is 1. The number of H-pyrrole nitrogens is 1. The van der Waals surface area contributed by atoms with Crippen molar-refractivity contribution >= 4 is 17.4 Å². The number of carbonyl (C=O) groups is 1. The molecule has 0 saturated heterocycles. The summed E-state index contributed by atoms with van der Waals surface area (Å²) in [7, 11) is 0. The van der Waals surface area contributed by atoms with E-state index in [-0.39, 0.29) is 11.8 Å². The summed E-state index contributed by atoms with van der Waals surface area (Å²) in [5, 5.41) is 9.80. The summed E-state index contributed by atoms with van der Waals surface area (Å²) in [5.74, 6) is 0.849. The summed E-state index contributed by atoms with van der Waals surface area (Å²) >= 11 is 0. The smallest absolute Gasteiger partial charge is 0.228 e. The Balaban J connectivity index is 1.66. The van der Waals surface area contributed by atoms with Gasteiger partial charge in [-0.15, -0.1) is 0 Å². The average Bonchev–Trinajstić information content (AvgIpc) is 3.00. The van der Waals surface area contributed by atoms with Crippen molar-refractivity contribution in [1.29, 1.82) is 0 Å². The fourth-order valence-corrected chi connectivity index (χ4v) is 2.20.